The Balaban J connectivity index is 0.00000210. The quantitative estimate of drug-likeness (QED) is 0.858. The van der Waals surface area contributed by atoms with Crippen molar-refractivity contribution in [3.8, 4) is 0 Å². The molecule has 27 heavy (non-hydrogen) atoms. The third-order valence-corrected chi connectivity index (χ3v) is 5.24. The number of pyridine rings is 1. The Kier molecular flexibility index (Phi) is 6.82. The number of carbonyl (C=O) groups excluding carboxylic acids is 1. The average Bonchev–Trinajstić information content (AvgIpc) is 3.20. The van der Waals surface area contributed by atoms with Crippen LogP contribution in [0.15, 0.2) is 36.7 Å². The third kappa shape index (κ3) is 4.86. The van der Waals surface area contributed by atoms with Crippen molar-refractivity contribution in [3.05, 3.63) is 48.0 Å². The van der Waals surface area contributed by atoms with Gasteiger partial charge in [0.05, 0.1) is 11.7 Å². The molecule has 4 rings (SSSR count). The normalized spacial score (nSPS) is 20.9. The Morgan fingerprint density at radius 3 is 2.74 bits per heavy atom. The van der Waals surface area contributed by atoms with Crippen LogP contribution < -0.4 is 5.32 Å². The fourth-order valence-corrected chi connectivity index (χ4v) is 3.71. The van der Waals surface area contributed by atoms with Gasteiger partial charge in [0.1, 0.15) is 5.69 Å². The van der Waals surface area contributed by atoms with Crippen LogP contribution in [0.25, 0.3) is 0 Å². The van der Waals surface area contributed by atoms with Crippen molar-refractivity contribution in [2.75, 3.05) is 39.3 Å². The molecular formula is C19H27ClN6O. The van der Waals surface area contributed by atoms with Crippen LogP contribution in [0.2, 0.25) is 0 Å². The molecule has 0 aliphatic carbocycles. The molecule has 4 heterocycles. The van der Waals surface area contributed by atoms with Crippen LogP contribution in [0.5, 0.6) is 0 Å². The Hall–Kier alpha value is -1.96. The van der Waals surface area contributed by atoms with Gasteiger partial charge in [0.25, 0.3) is 5.91 Å². The number of piperidine rings is 1. The molecule has 0 bridgehead atoms. The van der Waals surface area contributed by atoms with E-state index in [1.54, 1.807) is 0 Å². The van der Waals surface area contributed by atoms with E-state index in [2.05, 4.69) is 20.3 Å². The SMILES string of the molecule is Cl.O=C(c1ccn(C2CCCNC2)n1)N1CCN(Cc2ccccn2)CC1. The maximum atomic E-state index is 12.8. The Morgan fingerprint density at radius 2 is 2.04 bits per heavy atom. The maximum Gasteiger partial charge on any atom is 0.274 e. The number of nitrogens with one attached hydrogen (secondary N) is 1. The molecule has 1 amide bonds. The van der Waals surface area contributed by atoms with Crippen molar-refractivity contribution in [3.63, 3.8) is 0 Å². The molecular weight excluding hydrogens is 364 g/mol. The van der Waals surface area contributed by atoms with Gasteiger partial charge in [-0.25, -0.2) is 0 Å². The number of amides is 1. The number of nitrogens with zero attached hydrogens (tertiary/aromatic N) is 5. The Morgan fingerprint density at radius 1 is 1.19 bits per heavy atom. The zero-order valence-electron chi connectivity index (χ0n) is 15.5. The minimum Gasteiger partial charge on any atom is -0.335 e. The summed E-state index contributed by atoms with van der Waals surface area (Å²) in [4.78, 5) is 21.4. The van der Waals surface area contributed by atoms with E-state index in [9.17, 15) is 4.79 Å². The summed E-state index contributed by atoms with van der Waals surface area (Å²) >= 11 is 0. The summed E-state index contributed by atoms with van der Waals surface area (Å²) in [5, 5.41) is 7.95. The summed E-state index contributed by atoms with van der Waals surface area (Å²) in [5.74, 6) is 0.0463. The molecule has 2 aliphatic rings. The lowest BCUT2D eigenvalue weighted by Gasteiger charge is -2.34. The molecule has 2 saturated heterocycles. The predicted octanol–water partition coefficient (Wildman–Crippen LogP) is 1.58. The number of hydrogen-bond donors (Lipinski definition) is 1. The summed E-state index contributed by atoms with van der Waals surface area (Å²) in [7, 11) is 0. The molecule has 0 radical (unpaired) electrons. The zero-order chi connectivity index (χ0) is 17.8. The molecule has 2 aromatic rings. The highest BCUT2D eigenvalue weighted by molar-refractivity contribution is 5.92. The second kappa shape index (κ2) is 9.30. The van der Waals surface area contributed by atoms with Crippen molar-refractivity contribution in [1.82, 2.24) is 29.9 Å². The fourth-order valence-electron chi connectivity index (χ4n) is 3.71. The van der Waals surface area contributed by atoms with E-state index in [1.807, 2.05) is 46.2 Å². The van der Waals surface area contributed by atoms with Gasteiger partial charge in [-0.2, -0.15) is 5.10 Å². The minimum absolute atomic E-state index is 0. The average molecular weight is 391 g/mol. The lowest BCUT2D eigenvalue weighted by molar-refractivity contribution is 0.0620. The number of hydrogen-bond acceptors (Lipinski definition) is 5. The molecule has 2 aliphatic heterocycles. The van der Waals surface area contributed by atoms with Gasteiger partial charge in [0, 0.05) is 51.7 Å². The van der Waals surface area contributed by atoms with Crippen LogP contribution in [0.1, 0.15) is 35.1 Å². The van der Waals surface area contributed by atoms with Gasteiger partial charge >= 0.3 is 0 Å². The van der Waals surface area contributed by atoms with Crippen molar-refractivity contribution in [2.45, 2.75) is 25.4 Å². The Bertz CT molecular complexity index is 723. The van der Waals surface area contributed by atoms with Gasteiger partial charge in [0.15, 0.2) is 0 Å². The van der Waals surface area contributed by atoms with E-state index in [1.165, 1.54) is 0 Å². The zero-order valence-corrected chi connectivity index (χ0v) is 16.3. The summed E-state index contributed by atoms with van der Waals surface area (Å²) < 4.78 is 1.96. The van der Waals surface area contributed by atoms with Crippen LogP contribution in [0.3, 0.4) is 0 Å². The van der Waals surface area contributed by atoms with Gasteiger partial charge < -0.3 is 10.2 Å². The maximum absolute atomic E-state index is 12.8. The van der Waals surface area contributed by atoms with Crippen molar-refractivity contribution in [2.24, 2.45) is 0 Å². The van der Waals surface area contributed by atoms with Gasteiger partial charge in [-0.1, -0.05) is 6.07 Å². The van der Waals surface area contributed by atoms with E-state index in [0.717, 1.165) is 64.3 Å². The summed E-state index contributed by atoms with van der Waals surface area (Å²) in [6.45, 7) is 6.07. The van der Waals surface area contributed by atoms with Gasteiger partial charge in [-0.3, -0.25) is 19.4 Å². The number of rotatable bonds is 4. The van der Waals surface area contributed by atoms with E-state index in [-0.39, 0.29) is 18.3 Å². The molecule has 0 spiro atoms. The standard InChI is InChI=1S/C19H26N6O.ClH/c26-19(18-6-9-25(22-18)17-5-3-7-20-14-17)24-12-10-23(11-13-24)15-16-4-1-2-8-21-16;/h1-2,4,6,8-9,17,20H,3,5,7,10-15H2;1H. The molecule has 2 aromatic heterocycles. The second-order valence-electron chi connectivity index (χ2n) is 7.07. The molecule has 1 N–H and O–H groups in total. The summed E-state index contributed by atoms with van der Waals surface area (Å²) in [6.07, 6.45) is 6.05. The minimum atomic E-state index is 0. The third-order valence-electron chi connectivity index (χ3n) is 5.24. The van der Waals surface area contributed by atoms with Gasteiger partial charge in [-0.05, 0) is 37.6 Å². The second-order valence-corrected chi connectivity index (χ2v) is 7.07. The topological polar surface area (TPSA) is 66.3 Å². The van der Waals surface area contributed by atoms with E-state index in [0.29, 0.717) is 11.7 Å². The fraction of sp³-hybridized carbons (Fsp3) is 0.526. The first-order valence-corrected chi connectivity index (χ1v) is 9.47. The highest BCUT2D eigenvalue weighted by Gasteiger charge is 2.25. The number of piperazine rings is 1. The summed E-state index contributed by atoms with van der Waals surface area (Å²) in [6, 6.07) is 8.21. The molecule has 7 nitrogen and oxygen atoms in total. The molecule has 1 unspecified atom stereocenters. The highest BCUT2D eigenvalue weighted by Crippen LogP contribution is 2.17. The first-order chi connectivity index (χ1) is 12.8. The predicted molar refractivity (Wildman–Crippen MR) is 106 cm³/mol. The van der Waals surface area contributed by atoms with E-state index >= 15 is 0 Å². The molecule has 0 saturated carbocycles. The number of aromatic nitrogens is 3. The largest absolute Gasteiger partial charge is 0.335 e. The molecule has 2 fully saturated rings. The van der Waals surface area contributed by atoms with Crippen molar-refractivity contribution in [1.29, 1.82) is 0 Å². The lowest BCUT2D eigenvalue weighted by Crippen LogP contribution is -2.48. The van der Waals surface area contributed by atoms with Crippen LogP contribution in [0.4, 0.5) is 0 Å². The van der Waals surface area contributed by atoms with Crippen LogP contribution >= 0.6 is 12.4 Å². The van der Waals surface area contributed by atoms with Crippen molar-refractivity contribution >= 4 is 18.3 Å². The smallest absolute Gasteiger partial charge is 0.274 e. The van der Waals surface area contributed by atoms with Crippen LogP contribution in [-0.2, 0) is 6.54 Å². The van der Waals surface area contributed by atoms with E-state index in [4.69, 9.17) is 0 Å². The highest BCUT2D eigenvalue weighted by atomic mass is 35.5. The monoisotopic (exact) mass is 390 g/mol. The first-order valence-electron chi connectivity index (χ1n) is 9.47. The number of halogens is 1. The summed E-state index contributed by atoms with van der Waals surface area (Å²) in [5.41, 5.74) is 1.64. The van der Waals surface area contributed by atoms with Crippen LogP contribution in [-0.4, -0.2) is 69.7 Å². The lowest BCUT2D eigenvalue weighted by atomic mass is 10.1. The van der Waals surface area contributed by atoms with Crippen LogP contribution in [0, 0.1) is 0 Å². The Labute approximate surface area is 166 Å². The van der Waals surface area contributed by atoms with Gasteiger partial charge in [-0.15, -0.1) is 12.4 Å². The molecule has 146 valence electrons. The molecule has 0 aromatic carbocycles. The van der Waals surface area contributed by atoms with Gasteiger partial charge in [0.2, 0.25) is 0 Å². The molecule has 1 atom stereocenters. The van der Waals surface area contributed by atoms with E-state index < -0.39 is 0 Å². The number of carbonyl (C=O) groups is 1. The first kappa shape index (κ1) is 19.8. The van der Waals surface area contributed by atoms with Crippen molar-refractivity contribution < 1.29 is 4.79 Å². The molecule has 8 heteroatoms.